The SMILES string of the molecule is CC(C)[SiH](C)[Zr]([CH]1CCC2CC=CC=C21)[CH]1CCC2CC=CC=C21. The first-order valence-corrected chi connectivity index (χ1v) is 19.8. The molecular formula is C22H33SiZr. The summed E-state index contributed by atoms with van der Waals surface area (Å²) in [4.78, 5) is 0. The summed E-state index contributed by atoms with van der Waals surface area (Å²) in [5, 5.41) is 0. The average molecular weight is 417 g/mol. The van der Waals surface area contributed by atoms with E-state index < -0.39 is 26.8 Å². The number of fused-ring (bicyclic) bond motifs is 2. The Balaban J connectivity index is 1.68. The summed E-state index contributed by atoms with van der Waals surface area (Å²) in [7, 11) is 0. The van der Waals surface area contributed by atoms with Crippen molar-refractivity contribution < 1.29 is 20.9 Å². The van der Waals surface area contributed by atoms with Crippen LogP contribution in [0.1, 0.15) is 52.4 Å². The fourth-order valence-electron chi connectivity index (χ4n) is 5.81. The van der Waals surface area contributed by atoms with Crippen molar-refractivity contribution in [1.29, 1.82) is 0 Å². The van der Waals surface area contributed by atoms with E-state index in [2.05, 4.69) is 56.9 Å². The van der Waals surface area contributed by atoms with Gasteiger partial charge >= 0.3 is 158 Å². The maximum absolute atomic E-state index is 2.78. The van der Waals surface area contributed by atoms with Gasteiger partial charge in [0.2, 0.25) is 0 Å². The van der Waals surface area contributed by atoms with E-state index in [1.165, 1.54) is 25.7 Å². The molecule has 0 aromatic carbocycles. The van der Waals surface area contributed by atoms with E-state index in [-0.39, 0.29) is 0 Å². The predicted octanol–water partition coefficient (Wildman–Crippen LogP) is 6.54. The first-order chi connectivity index (χ1) is 11.7. The van der Waals surface area contributed by atoms with Crippen molar-refractivity contribution in [3.05, 3.63) is 47.6 Å². The fourth-order valence-corrected chi connectivity index (χ4v) is 34.3. The fraction of sp³-hybridized carbons (Fsp3) is 0.636. The molecule has 0 amide bonds. The number of rotatable bonds is 4. The molecule has 129 valence electrons. The third kappa shape index (κ3) is 3.11. The van der Waals surface area contributed by atoms with Gasteiger partial charge in [0.25, 0.3) is 0 Å². The molecule has 0 nitrogen and oxygen atoms in total. The Morgan fingerprint density at radius 2 is 1.38 bits per heavy atom. The second kappa shape index (κ2) is 7.36. The normalized spacial score (nSPS) is 35.5. The van der Waals surface area contributed by atoms with Gasteiger partial charge in [-0.3, -0.25) is 0 Å². The van der Waals surface area contributed by atoms with Crippen LogP contribution in [0, 0.1) is 11.8 Å². The van der Waals surface area contributed by atoms with Crippen LogP contribution in [0.5, 0.6) is 0 Å². The molecule has 5 atom stereocenters. The van der Waals surface area contributed by atoms with Crippen LogP contribution in [-0.2, 0) is 20.9 Å². The molecule has 0 saturated heterocycles. The van der Waals surface area contributed by atoms with E-state index in [0.29, 0.717) is 0 Å². The summed E-state index contributed by atoms with van der Waals surface area (Å²) >= 11 is -1.47. The third-order valence-corrected chi connectivity index (χ3v) is 34.9. The Bertz CT molecular complexity index is 551. The maximum atomic E-state index is 2.78. The van der Waals surface area contributed by atoms with Gasteiger partial charge in [-0.25, -0.2) is 0 Å². The molecule has 0 bridgehead atoms. The van der Waals surface area contributed by atoms with Crippen LogP contribution < -0.4 is 0 Å². The van der Waals surface area contributed by atoms with Crippen LogP contribution in [0.3, 0.4) is 0 Å². The summed E-state index contributed by atoms with van der Waals surface area (Å²) in [6.07, 6.45) is 23.5. The van der Waals surface area contributed by atoms with Crippen LogP contribution >= 0.6 is 0 Å². The van der Waals surface area contributed by atoms with Gasteiger partial charge in [-0.2, -0.15) is 0 Å². The van der Waals surface area contributed by atoms with E-state index in [1.54, 1.807) is 12.8 Å². The van der Waals surface area contributed by atoms with Crippen molar-refractivity contribution in [3.63, 3.8) is 0 Å². The number of allylic oxidation sites excluding steroid dienone is 8. The van der Waals surface area contributed by atoms with E-state index in [9.17, 15) is 0 Å². The van der Waals surface area contributed by atoms with Crippen molar-refractivity contribution in [2.75, 3.05) is 0 Å². The summed E-state index contributed by atoms with van der Waals surface area (Å²) in [6.45, 7) is 7.89. The summed E-state index contributed by atoms with van der Waals surface area (Å²) in [5.74, 6) is 1.30. The van der Waals surface area contributed by atoms with Crippen LogP contribution in [0.15, 0.2) is 47.6 Å². The molecule has 4 aliphatic rings. The van der Waals surface area contributed by atoms with Crippen molar-refractivity contribution in [2.24, 2.45) is 11.8 Å². The molecule has 0 aliphatic heterocycles. The van der Waals surface area contributed by atoms with Gasteiger partial charge in [-0.05, 0) is 0 Å². The molecule has 24 heavy (non-hydrogen) atoms. The quantitative estimate of drug-likeness (QED) is 0.456. The summed E-state index contributed by atoms with van der Waals surface area (Å²) < 4.78 is 2.20. The number of hydrogen-bond donors (Lipinski definition) is 0. The van der Waals surface area contributed by atoms with Gasteiger partial charge in [0.15, 0.2) is 0 Å². The monoisotopic (exact) mass is 415 g/mol. The molecule has 4 aliphatic carbocycles. The third-order valence-electron chi connectivity index (χ3n) is 7.38. The van der Waals surface area contributed by atoms with Gasteiger partial charge < -0.3 is 0 Å². The minimum absolute atomic E-state index is 0.563. The van der Waals surface area contributed by atoms with Crippen LogP contribution in [0.25, 0.3) is 0 Å². The molecule has 5 unspecified atom stereocenters. The van der Waals surface area contributed by atoms with Crippen LogP contribution in [-0.4, -0.2) is 5.92 Å². The Morgan fingerprint density at radius 3 is 1.83 bits per heavy atom. The minimum atomic E-state index is -1.47. The standard InChI is InChI=1S/2C9H11.C4H11Si.Zr/c2*1-2-5-9-7-3-6-8(9)4-1;1-4(2)5-3;/h2*1-2,4,6,9H,3,5,7H2;4-5H,1-3H3;. The molecular weight excluding hydrogens is 384 g/mol. The second-order valence-corrected chi connectivity index (χ2v) is 28.3. The van der Waals surface area contributed by atoms with E-state index in [0.717, 1.165) is 24.6 Å². The van der Waals surface area contributed by atoms with Gasteiger partial charge in [0, 0.05) is 0 Å². The predicted molar refractivity (Wildman–Crippen MR) is 105 cm³/mol. The van der Waals surface area contributed by atoms with Gasteiger partial charge in [-0.15, -0.1) is 0 Å². The number of hydrogen-bond acceptors (Lipinski definition) is 0. The van der Waals surface area contributed by atoms with E-state index in [1.807, 2.05) is 11.1 Å². The molecule has 2 heteroatoms. The van der Waals surface area contributed by atoms with Gasteiger partial charge in [0.05, 0.1) is 0 Å². The molecule has 0 N–H and O–H groups in total. The average Bonchev–Trinajstić information content (AvgIpc) is 3.20. The first kappa shape index (κ1) is 17.5. The molecule has 2 fully saturated rings. The van der Waals surface area contributed by atoms with Crippen molar-refractivity contribution >= 4 is 5.92 Å². The zero-order valence-electron chi connectivity index (χ0n) is 15.7. The Hall–Kier alpha value is 0.0600. The Labute approximate surface area is 157 Å². The van der Waals surface area contributed by atoms with Crippen molar-refractivity contribution in [3.8, 4) is 0 Å². The molecule has 0 heterocycles. The zero-order valence-corrected chi connectivity index (χ0v) is 19.3. The molecule has 0 radical (unpaired) electrons. The zero-order chi connectivity index (χ0) is 16.7. The molecule has 0 aromatic rings. The van der Waals surface area contributed by atoms with E-state index in [4.69, 9.17) is 0 Å². The van der Waals surface area contributed by atoms with E-state index >= 15 is 0 Å². The second-order valence-electron chi connectivity index (χ2n) is 8.85. The Kier molecular flexibility index (Phi) is 5.35. The van der Waals surface area contributed by atoms with Gasteiger partial charge in [0.1, 0.15) is 0 Å². The summed E-state index contributed by atoms with van der Waals surface area (Å²) in [5.41, 5.74) is 4.88. The first-order valence-electron chi connectivity index (χ1n) is 10.3. The molecule has 0 spiro atoms. The van der Waals surface area contributed by atoms with Gasteiger partial charge in [-0.1, -0.05) is 0 Å². The summed E-state index contributed by atoms with van der Waals surface area (Å²) in [6, 6.07) is 0. The van der Waals surface area contributed by atoms with Crippen molar-refractivity contribution in [1.82, 2.24) is 0 Å². The molecule has 0 aromatic heterocycles. The van der Waals surface area contributed by atoms with Crippen LogP contribution in [0.2, 0.25) is 19.3 Å². The molecule has 2 saturated carbocycles. The van der Waals surface area contributed by atoms with Crippen LogP contribution in [0.4, 0.5) is 0 Å². The topological polar surface area (TPSA) is 0 Å². The molecule has 4 rings (SSSR count). The Morgan fingerprint density at radius 1 is 0.875 bits per heavy atom. The van der Waals surface area contributed by atoms with Crippen molar-refractivity contribution in [2.45, 2.75) is 71.7 Å².